The van der Waals surface area contributed by atoms with E-state index in [-0.39, 0.29) is 43.9 Å². The quantitative estimate of drug-likeness (QED) is 0.177. The number of nitrogens with zero attached hydrogens (tertiary/aromatic N) is 3. The monoisotopic (exact) mass is 563 g/mol. The minimum absolute atomic E-state index is 0.00641. The number of rotatable bonds is 7. The van der Waals surface area contributed by atoms with E-state index >= 15 is 0 Å². The van der Waals surface area contributed by atoms with Gasteiger partial charge >= 0.3 is 17.8 Å². The Morgan fingerprint density at radius 1 is 1.00 bits per heavy atom. The topological polar surface area (TPSA) is 92.4 Å². The average Bonchev–Trinajstić information content (AvgIpc) is 2.88. The molecule has 0 aliphatic heterocycles. The number of pyridine rings is 1. The number of benzene rings is 2. The van der Waals surface area contributed by atoms with Gasteiger partial charge in [0.1, 0.15) is 17.3 Å². The molecule has 0 bridgehead atoms. The van der Waals surface area contributed by atoms with Gasteiger partial charge in [0.2, 0.25) is 0 Å². The van der Waals surface area contributed by atoms with Crippen molar-refractivity contribution < 1.29 is 31.8 Å². The fourth-order valence-electron chi connectivity index (χ4n) is 3.57. The number of carbonyl (C=O) groups is 1. The number of aryl methyl sites for hydroxylation is 1. The van der Waals surface area contributed by atoms with Crippen LogP contribution < -0.4 is 20.7 Å². The maximum Gasteiger partial charge on any atom is 0.431 e. The fraction of sp³-hybridized carbons (Fsp3) is 0.154. The first-order chi connectivity index (χ1) is 18.5. The lowest BCUT2D eigenvalue weighted by Gasteiger charge is -2.16. The van der Waals surface area contributed by atoms with Crippen molar-refractivity contribution in [1.29, 1.82) is 0 Å². The summed E-state index contributed by atoms with van der Waals surface area (Å²) in [5, 5.41) is -0.288. The molecule has 0 saturated carbocycles. The number of ether oxygens (including phenoxy) is 2. The van der Waals surface area contributed by atoms with E-state index < -0.39 is 40.6 Å². The Kier molecular flexibility index (Phi) is 7.86. The van der Waals surface area contributed by atoms with Crippen LogP contribution in [-0.2, 0) is 24.4 Å². The zero-order valence-electron chi connectivity index (χ0n) is 20.0. The molecule has 2 aromatic carbocycles. The van der Waals surface area contributed by atoms with Crippen LogP contribution in [0.15, 0.2) is 76.4 Å². The summed E-state index contributed by atoms with van der Waals surface area (Å²) in [5.41, 5.74) is -4.37. The lowest BCUT2D eigenvalue weighted by Crippen LogP contribution is -2.41. The maximum absolute atomic E-state index is 14.8. The van der Waals surface area contributed by atoms with Crippen molar-refractivity contribution in [3.8, 4) is 22.9 Å². The maximum atomic E-state index is 14.8. The van der Waals surface area contributed by atoms with E-state index in [9.17, 15) is 31.9 Å². The van der Waals surface area contributed by atoms with Gasteiger partial charge in [0.05, 0.1) is 17.1 Å². The molecule has 0 amide bonds. The highest BCUT2D eigenvalue weighted by atomic mass is 35.5. The van der Waals surface area contributed by atoms with Gasteiger partial charge in [-0.3, -0.25) is 19.1 Å². The predicted molar refractivity (Wildman–Crippen MR) is 132 cm³/mol. The van der Waals surface area contributed by atoms with Crippen molar-refractivity contribution in [2.75, 3.05) is 0 Å². The van der Waals surface area contributed by atoms with Gasteiger partial charge in [0.25, 0.3) is 5.56 Å². The molecule has 2 aromatic heterocycles. The smallest absolute Gasteiger partial charge is 0.431 e. The number of halogens is 5. The molecule has 13 heteroatoms. The van der Waals surface area contributed by atoms with E-state index in [2.05, 4.69) is 4.98 Å². The highest BCUT2D eigenvalue weighted by Gasteiger charge is 2.35. The van der Waals surface area contributed by atoms with Gasteiger partial charge in [-0.05, 0) is 30.3 Å². The molecule has 2 heterocycles. The van der Waals surface area contributed by atoms with E-state index in [4.69, 9.17) is 21.1 Å². The molecule has 0 N–H and O–H groups in total. The van der Waals surface area contributed by atoms with Crippen molar-refractivity contribution in [2.45, 2.75) is 19.0 Å². The lowest BCUT2D eigenvalue weighted by atomic mass is 10.2. The van der Waals surface area contributed by atoms with Gasteiger partial charge in [0.15, 0.2) is 11.5 Å². The van der Waals surface area contributed by atoms with Crippen LogP contribution >= 0.6 is 11.6 Å². The Balaban J connectivity index is 1.65. The largest absolute Gasteiger partial charge is 0.452 e. The number of hydrogen-bond acceptors (Lipinski definition) is 6. The van der Waals surface area contributed by atoms with Crippen molar-refractivity contribution in [3.05, 3.63) is 110 Å². The van der Waals surface area contributed by atoms with E-state index in [1.165, 1.54) is 12.1 Å². The van der Waals surface area contributed by atoms with E-state index in [1.54, 1.807) is 36.5 Å². The molecule has 0 unspecified atom stereocenters. The normalized spacial score (nSPS) is 11.3. The van der Waals surface area contributed by atoms with Crippen LogP contribution in [0.2, 0.25) is 5.02 Å². The Bertz CT molecular complexity index is 1650. The van der Waals surface area contributed by atoms with Crippen molar-refractivity contribution in [2.24, 2.45) is 7.05 Å². The summed E-state index contributed by atoms with van der Waals surface area (Å²) in [6.45, 7) is 0. The van der Waals surface area contributed by atoms with Crippen LogP contribution in [0.3, 0.4) is 0 Å². The van der Waals surface area contributed by atoms with Crippen LogP contribution in [-0.4, -0.2) is 20.1 Å². The zero-order valence-corrected chi connectivity index (χ0v) is 20.8. The van der Waals surface area contributed by atoms with E-state index in [0.717, 1.165) is 19.2 Å². The molecular weight excluding hydrogens is 546 g/mol. The summed E-state index contributed by atoms with van der Waals surface area (Å²) in [6.07, 6.45) is -3.06. The highest BCUT2D eigenvalue weighted by molar-refractivity contribution is 6.32. The number of hydrogen-bond donors (Lipinski definition) is 0. The number of alkyl halides is 3. The van der Waals surface area contributed by atoms with Crippen LogP contribution in [0, 0.1) is 5.82 Å². The van der Waals surface area contributed by atoms with Crippen LogP contribution in [0.4, 0.5) is 17.6 Å². The first-order valence-corrected chi connectivity index (χ1v) is 11.6. The summed E-state index contributed by atoms with van der Waals surface area (Å²) < 4.78 is 65.9. The molecule has 0 atom stereocenters. The molecule has 202 valence electrons. The first kappa shape index (κ1) is 27.6. The number of esters is 1. The third-order valence-electron chi connectivity index (χ3n) is 5.46. The van der Waals surface area contributed by atoms with E-state index in [0.29, 0.717) is 12.1 Å². The van der Waals surface area contributed by atoms with Gasteiger partial charge < -0.3 is 9.47 Å². The van der Waals surface area contributed by atoms with Gasteiger partial charge in [0, 0.05) is 37.5 Å². The molecule has 0 aliphatic rings. The number of aromatic nitrogens is 3. The molecule has 0 fully saturated rings. The average molecular weight is 564 g/mol. The van der Waals surface area contributed by atoms with Crippen molar-refractivity contribution in [1.82, 2.24) is 14.1 Å². The Labute approximate surface area is 222 Å². The van der Waals surface area contributed by atoms with Gasteiger partial charge in [-0.1, -0.05) is 29.8 Å². The number of carbonyl (C=O) groups excluding carboxylic acids is 1. The minimum Gasteiger partial charge on any atom is -0.452 e. The third kappa shape index (κ3) is 6.17. The summed E-state index contributed by atoms with van der Waals surface area (Å²) in [4.78, 5) is 41.6. The summed E-state index contributed by atoms with van der Waals surface area (Å²) in [5.74, 6) is -2.05. The van der Waals surface area contributed by atoms with Crippen LogP contribution in [0.25, 0.3) is 5.69 Å². The Hall–Kier alpha value is -4.45. The molecule has 0 radical (unpaired) electrons. The minimum atomic E-state index is -4.99. The SMILES string of the molecule is Cn1c(C(F)(F)F)cc(=O)n(-c2cc(Oc3ccccc3OC(=O)CCc3ccccn3)c(Cl)cc2F)c1=O. The first-order valence-electron chi connectivity index (χ1n) is 11.2. The molecule has 0 aliphatic carbocycles. The molecule has 0 spiro atoms. The molecule has 0 saturated heterocycles. The van der Waals surface area contributed by atoms with Gasteiger partial charge in [-0.25, -0.2) is 13.8 Å². The Morgan fingerprint density at radius 2 is 1.69 bits per heavy atom. The highest BCUT2D eigenvalue weighted by Crippen LogP contribution is 2.37. The second kappa shape index (κ2) is 11.1. The van der Waals surface area contributed by atoms with Gasteiger partial charge in [-0.2, -0.15) is 13.2 Å². The predicted octanol–water partition coefficient (Wildman–Crippen LogP) is 5.07. The lowest BCUT2D eigenvalue weighted by molar-refractivity contribution is -0.144. The molecule has 4 aromatic rings. The van der Waals surface area contributed by atoms with E-state index in [1.807, 2.05) is 0 Å². The Morgan fingerprint density at radius 3 is 2.36 bits per heavy atom. The van der Waals surface area contributed by atoms with Crippen molar-refractivity contribution >= 4 is 17.6 Å². The summed E-state index contributed by atoms with van der Waals surface area (Å²) in [6, 6.07) is 13.0. The zero-order chi connectivity index (χ0) is 28.3. The second-order valence-corrected chi connectivity index (χ2v) is 8.53. The van der Waals surface area contributed by atoms with Crippen molar-refractivity contribution in [3.63, 3.8) is 0 Å². The fourth-order valence-corrected chi connectivity index (χ4v) is 3.76. The summed E-state index contributed by atoms with van der Waals surface area (Å²) >= 11 is 6.11. The standard InChI is InChI=1S/C26H18ClF4N3O5/c1-33-22(26(29,30)31)14-23(35)34(25(33)37)18-13-21(16(27)12-17(18)28)38-19-7-2-3-8-20(19)39-24(36)10-9-15-6-4-5-11-32-15/h2-8,11-14H,9-10H2,1H3. The second-order valence-electron chi connectivity index (χ2n) is 8.12. The van der Waals surface area contributed by atoms with Crippen LogP contribution in [0.1, 0.15) is 17.8 Å². The number of para-hydroxylation sites is 2. The summed E-state index contributed by atoms with van der Waals surface area (Å²) in [7, 11) is 0.796. The molecule has 8 nitrogen and oxygen atoms in total. The molecule has 4 rings (SSSR count). The van der Waals surface area contributed by atoms with Crippen LogP contribution in [0.5, 0.6) is 17.2 Å². The molecular formula is C26H18ClF4N3O5. The van der Waals surface area contributed by atoms with Gasteiger partial charge in [-0.15, -0.1) is 0 Å². The molecule has 39 heavy (non-hydrogen) atoms. The third-order valence-corrected chi connectivity index (χ3v) is 5.75.